The largest absolute Gasteiger partial charge is 0.479 e. The maximum absolute atomic E-state index is 10.1. The van der Waals surface area contributed by atoms with Crippen molar-refractivity contribution in [2.24, 2.45) is 5.73 Å². The summed E-state index contributed by atoms with van der Waals surface area (Å²) < 4.78 is 0. The summed E-state index contributed by atoms with van der Waals surface area (Å²) in [5.74, 6) is -1.13. The van der Waals surface area contributed by atoms with Crippen LogP contribution in [-0.2, 0) is 4.79 Å². The van der Waals surface area contributed by atoms with Crippen LogP contribution in [0.1, 0.15) is 32.1 Å². The average molecular weight is 175 g/mol. The second-order valence-corrected chi connectivity index (χ2v) is 2.85. The number of aliphatic hydroxyl groups excluding tert-OH is 1. The molecule has 4 heteroatoms. The molecule has 1 atom stereocenters. The molecular weight excluding hydrogens is 158 g/mol. The van der Waals surface area contributed by atoms with Crippen LogP contribution in [0.3, 0.4) is 0 Å². The van der Waals surface area contributed by atoms with Gasteiger partial charge in [0.1, 0.15) is 0 Å². The number of hydrogen-bond donors (Lipinski definition) is 3. The van der Waals surface area contributed by atoms with E-state index in [9.17, 15) is 4.79 Å². The molecule has 0 aromatic carbocycles. The molecule has 4 nitrogen and oxygen atoms in total. The summed E-state index contributed by atoms with van der Waals surface area (Å²) in [7, 11) is 0. The summed E-state index contributed by atoms with van der Waals surface area (Å²) >= 11 is 0. The molecule has 0 aliphatic heterocycles. The first-order valence-corrected chi connectivity index (χ1v) is 4.29. The molecule has 0 saturated heterocycles. The van der Waals surface area contributed by atoms with Gasteiger partial charge in [0, 0.05) is 0 Å². The van der Waals surface area contributed by atoms with Crippen molar-refractivity contribution < 1.29 is 15.0 Å². The third-order valence-electron chi connectivity index (χ3n) is 1.72. The normalized spacial score (nSPS) is 12.8. The molecule has 1 unspecified atom stereocenters. The van der Waals surface area contributed by atoms with E-state index in [1.165, 1.54) is 0 Å². The fraction of sp³-hybridized carbons (Fsp3) is 0.875. The van der Waals surface area contributed by atoms with Gasteiger partial charge in [-0.1, -0.05) is 19.3 Å². The molecule has 0 bridgehead atoms. The van der Waals surface area contributed by atoms with Gasteiger partial charge in [-0.25, -0.2) is 4.79 Å². The van der Waals surface area contributed by atoms with Crippen LogP contribution in [0.2, 0.25) is 0 Å². The fourth-order valence-corrected chi connectivity index (χ4v) is 0.959. The molecule has 0 amide bonds. The van der Waals surface area contributed by atoms with Crippen molar-refractivity contribution in [2.75, 3.05) is 6.54 Å². The van der Waals surface area contributed by atoms with Gasteiger partial charge < -0.3 is 15.9 Å². The molecule has 4 N–H and O–H groups in total. The first kappa shape index (κ1) is 11.4. The molecule has 0 aliphatic carbocycles. The van der Waals surface area contributed by atoms with Gasteiger partial charge in [-0.15, -0.1) is 0 Å². The second kappa shape index (κ2) is 7.06. The van der Waals surface area contributed by atoms with Gasteiger partial charge in [-0.3, -0.25) is 0 Å². The summed E-state index contributed by atoms with van der Waals surface area (Å²) in [5, 5.41) is 17.2. The van der Waals surface area contributed by atoms with Crippen molar-refractivity contribution in [3.63, 3.8) is 0 Å². The number of nitrogens with two attached hydrogens (primary N) is 1. The minimum Gasteiger partial charge on any atom is -0.479 e. The Morgan fingerprint density at radius 3 is 2.33 bits per heavy atom. The average Bonchev–Trinajstić information content (AvgIpc) is 2.03. The third kappa shape index (κ3) is 6.12. The molecule has 0 spiro atoms. The van der Waals surface area contributed by atoms with Crippen molar-refractivity contribution in [1.29, 1.82) is 0 Å². The van der Waals surface area contributed by atoms with E-state index in [-0.39, 0.29) is 0 Å². The zero-order chi connectivity index (χ0) is 9.40. The predicted octanol–water partition coefficient (Wildman–Crippen LogP) is 0.341. The van der Waals surface area contributed by atoms with Crippen molar-refractivity contribution in [1.82, 2.24) is 0 Å². The monoisotopic (exact) mass is 175 g/mol. The minimum atomic E-state index is -1.19. The lowest BCUT2D eigenvalue weighted by atomic mass is 10.1. The van der Waals surface area contributed by atoms with E-state index >= 15 is 0 Å². The van der Waals surface area contributed by atoms with Gasteiger partial charge in [0.05, 0.1) is 0 Å². The van der Waals surface area contributed by atoms with E-state index in [0.717, 1.165) is 25.7 Å². The topological polar surface area (TPSA) is 83.5 Å². The third-order valence-corrected chi connectivity index (χ3v) is 1.72. The molecule has 0 fully saturated rings. The Labute approximate surface area is 72.4 Å². The SMILES string of the molecule is NCCCCCCC(O)C(=O)O. The first-order chi connectivity index (χ1) is 5.68. The smallest absolute Gasteiger partial charge is 0.332 e. The highest BCUT2D eigenvalue weighted by Gasteiger charge is 2.11. The van der Waals surface area contributed by atoms with Crippen LogP contribution in [0.4, 0.5) is 0 Å². The molecule has 0 aromatic heterocycles. The molecule has 12 heavy (non-hydrogen) atoms. The molecule has 0 rings (SSSR count). The number of hydrogen-bond acceptors (Lipinski definition) is 3. The summed E-state index contributed by atoms with van der Waals surface area (Å²) in [6, 6.07) is 0. The molecular formula is C8H17NO3. The number of carboxylic acids is 1. The Morgan fingerprint density at radius 2 is 1.83 bits per heavy atom. The van der Waals surface area contributed by atoms with Crippen LogP contribution in [0.15, 0.2) is 0 Å². The number of aliphatic hydroxyl groups is 1. The van der Waals surface area contributed by atoms with Gasteiger partial charge in [-0.2, -0.15) is 0 Å². The Bertz CT molecular complexity index is 127. The maximum Gasteiger partial charge on any atom is 0.332 e. The summed E-state index contributed by atoms with van der Waals surface area (Å²) in [5.41, 5.74) is 5.28. The zero-order valence-corrected chi connectivity index (χ0v) is 7.20. The highest BCUT2D eigenvalue weighted by Crippen LogP contribution is 2.05. The van der Waals surface area contributed by atoms with E-state index in [1.54, 1.807) is 0 Å². The quantitative estimate of drug-likeness (QED) is 0.487. The van der Waals surface area contributed by atoms with Crippen LogP contribution in [-0.4, -0.2) is 28.8 Å². The van der Waals surface area contributed by atoms with Crippen LogP contribution in [0, 0.1) is 0 Å². The lowest BCUT2D eigenvalue weighted by molar-refractivity contribution is -0.146. The molecule has 0 saturated carbocycles. The summed E-state index contributed by atoms with van der Waals surface area (Å²) in [6.07, 6.45) is 2.85. The van der Waals surface area contributed by atoms with Gasteiger partial charge in [0.25, 0.3) is 0 Å². The van der Waals surface area contributed by atoms with Crippen LogP contribution in [0.25, 0.3) is 0 Å². The van der Waals surface area contributed by atoms with E-state index in [2.05, 4.69) is 0 Å². The second-order valence-electron chi connectivity index (χ2n) is 2.85. The van der Waals surface area contributed by atoms with Gasteiger partial charge in [-0.05, 0) is 19.4 Å². The van der Waals surface area contributed by atoms with E-state index in [0.29, 0.717) is 13.0 Å². The minimum absolute atomic E-state index is 0.347. The van der Waals surface area contributed by atoms with Crippen LogP contribution >= 0.6 is 0 Å². The standard InChI is InChI=1S/C8H17NO3/c9-6-4-2-1-3-5-7(10)8(11)12/h7,10H,1-6,9H2,(H,11,12). The molecule has 0 aliphatic rings. The van der Waals surface area contributed by atoms with Crippen LogP contribution < -0.4 is 5.73 Å². The molecule has 0 aromatic rings. The maximum atomic E-state index is 10.1. The number of carbonyl (C=O) groups is 1. The summed E-state index contributed by atoms with van der Waals surface area (Å²) in [6.45, 7) is 0.682. The fourth-order valence-electron chi connectivity index (χ4n) is 0.959. The lowest BCUT2D eigenvalue weighted by Crippen LogP contribution is -2.18. The first-order valence-electron chi connectivity index (χ1n) is 4.29. The van der Waals surface area contributed by atoms with Gasteiger partial charge in [0.15, 0.2) is 6.10 Å². The highest BCUT2D eigenvalue weighted by atomic mass is 16.4. The van der Waals surface area contributed by atoms with E-state index in [4.69, 9.17) is 15.9 Å². The Morgan fingerprint density at radius 1 is 1.25 bits per heavy atom. The number of rotatable bonds is 7. The zero-order valence-electron chi connectivity index (χ0n) is 7.20. The van der Waals surface area contributed by atoms with E-state index < -0.39 is 12.1 Å². The Hall–Kier alpha value is -0.610. The van der Waals surface area contributed by atoms with Crippen LogP contribution in [0.5, 0.6) is 0 Å². The van der Waals surface area contributed by atoms with Crippen molar-refractivity contribution >= 4 is 5.97 Å². The molecule has 0 radical (unpaired) electrons. The Kier molecular flexibility index (Phi) is 6.70. The van der Waals surface area contributed by atoms with Crippen molar-refractivity contribution in [3.8, 4) is 0 Å². The number of carboxylic acid groups (broad SMARTS) is 1. The summed E-state index contributed by atoms with van der Waals surface area (Å²) in [4.78, 5) is 10.1. The lowest BCUT2D eigenvalue weighted by Gasteiger charge is -2.03. The van der Waals surface area contributed by atoms with Crippen molar-refractivity contribution in [3.05, 3.63) is 0 Å². The molecule has 72 valence electrons. The van der Waals surface area contributed by atoms with Gasteiger partial charge in [0.2, 0.25) is 0 Å². The Balaban J connectivity index is 3.14. The highest BCUT2D eigenvalue weighted by molar-refractivity contribution is 5.71. The van der Waals surface area contributed by atoms with Crippen molar-refractivity contribution in [2.45, 2.75) is 38.2 Å². The molecule has 0 heterocycles. The van der Waals surface area contributed by atoms with E-state index in [1.807, 2.05) is 0 Å². The predicted molar refractivity (Wildman–Crippen MR) is 45.8 cm³/mol. The van der Waals surface area contributed by atoms with Gasteiger partial charge >= 0.3 is 5.97 Å². The number of unbranched alkanes of at least 4 members (excludes halogenated alkanes) is 3. The number of aliphatic carboxylic acids is 1.